The molecule has 28 heavy (non-hydrogen) atoms. The van der Waals surface area contributed by atoms with Crippen molar-refractivity contribution in [2.24, 2.45) is 4.99 Å². The average molecular weight is 393 g/mol. The van der Waals surface area contributed by atoms with Crippen LogP contribution in [0, 0.1) is 0 Å². The van der Waals surface area contributed by atoms with Crippen LogP contribution < -0.4 is 5.32 Å². The second-order valence-corrected chi connectivity index (χ2v) is 8.62. The van der Waals surface area contributed by atoms with Crippen molar-refractivity contribution in [1.82, 2.24) is 24.9 Å². The second-order valence-electron chi connectivity index (χ2n) is 8.62. The Balaban J connectivity index is 1.39. The quantitative estimate of drug-likeness (QED) is 0.541. The van der Waals surface area contributed by atoms with Crippen LogP contribution >= 0.6 is 0 Å². The molecule has 3 fully saturated rings. The number of aliphatic imine (C=N–C) groups is 1. The van der Waals surface area contributed by atoms with Crippen molar-refractivity contribution in [3.05, 3.63) is 0 Å². The maximum atomic E-state index is 12.7. The zero-order valence-electron chi connectivity index (χ0n) is 18.2. The van der Waals surface area contributed by atoms with E-state index < -0.39 is 0 Å². The fourth-order valence-electron chi connectivity index (χ4n) is 4.88. The van der Waals surface area contributed by atoms with Gasteiger partial charge in [-0.15, -0.1) is 0 Å². The first-order chi connectivity index (χ1) is 13.6. The standard InChI is InChI=1S/C21H40N6O/c1-18(20(28)26-11-6-7-12-26)25-14-16-27(17-15-25)21(22-2)23-10-13-24(3)19-8-4-5-9-19/h18-19H,4-17H2,1-3H3,(H,22,23). The maximum Gasteiger partial charge on any atom is 0.239 e. The van der Waals surface area contributed by atoms with Gasteiger partial charge in [0.1, 0.15) is 0 Å². The highest BCUT2D eigenvalue weighted by Gasteiger charge is 2.30. The van der Waals surface area contributed by atoms with Crippen LogP contribution in [0.15, 0.2) is 4.99 Å². The number of carbonyl (C=O) groups excluding carboxylic acids is 1. The van der Waals surface area contributed by atoms with Crippen LogP contribution in [-0.2, 0) is 4.79 Å². The third-order valence-electron chi connectivity index (χ3n) is 6.84. The van der Waals surface area contributed by atoms with Crippen molar-refractivity contribution in [1.29, 1.82) is 0 Å². The number of hydrogen-bond donors (Lipinski definition) is 1. The van der Waals surface area contributed by atoms with Gasteiger partial charge in [-0.3, -0.25) is 14.7 Å². The number of nitrogens with zero attached hydrogens (tertiary/aromatic N) is 5. The van der Waals surface area contributed by atoms with E-state index in [-0.39, 0.29) is 6.04 Å². The molecule has 2 heterocycles. The molecule has 2 saturated heterocycles. The maximum absolute atomic E-state index is 12.7. The molecule has 0 aromatic carbocycles. The number of nitrogens with one attached hydrogen (secondary N) is 1. The van der Waals surface area contributed by atoms with Crippen molar-refractivity contribution < 1.29 is 4.79 Å². The van der Waals surface area contributed by atoms with Crippen molar-refractivity contribution in [3.8, 4) is 0 Å². The first kappa shape index (κ1) is 21.4. The first-order valence-electron chi connectivity index (χ1n) is 11.3. The summed E-state index contributed by atoms with van der Waals surface area (Å²) >= 11 is 0. The van der Waals surface area contributed by atoms with E-state index in [4.69, 9.17) is 0 Å². The Kier molecular flexibility index (Phi) is 7.97. The summed E-state index contributed by atoms with van der Waals surface area (Å²) in [5, 5.41) is 3.55. The van der Waals surface area contributed by atoms with Crippen LogP contribution in [0.1, 0.15) is 45.4 Å². The molecule has 1 unspecified atom stereocenters. The molecular weight excluding hydrogens is 352 g/mol. The highest BCUT2D eigenvalue weighted by atomic mass is 16.2. The fraction of sp³-hybridized carbons (Fsp3) is 0.905. The molecule has 0 aromatic rings. The van der Waals surface area contributed by atoms with Crippen molar-refractivity contribution in [2.75, 3.05) is 66.5 Å². The highest BCUT2D eigenvalue weighted by Crippen LogP contribution is 2.21. The summed E-state index contributed by atoms with van der Waals surface area (Å²) < 4.78 is 0. The third kappa shape index (κ3) is 5.38. The van der Waals surface area contributed by atoms with E-state index in [9.17, 15) is 4.79 Å². The Morgan fingerprint density at radius 1 is 1.04 bits per heavy atom. The molecule has 3 rings (SSSR count). The largest absolute Gasteiger partial charge is 0.355 e. The summed E-state index contributed by atoms with van der Waals surface area (Å²) in [5.74, 6) is 1.31. The normalized spacial score (nSPS) is 23.6. The predicted molar refractivity (Wildman–Crippen MR) is 115 cm³/mol. The van der Waals surface area contributed by atoms with Crippen molar-refractivity contribution in [2.45, 2.75) is 57.5 Å². The van der Waals surface area contributed by atoms with Crippen LogP contribution in [0.2, 0.25) is 0 Å². The molecule has 7 heteroatoms. The number of piperazine rings is 1. The lowest BCUT2D eigenvalue weighted by atomic mass is 10.2. The molecule has 0 aromatic heterocycles. The Morgan fingerprint density at radius 2 is 1.68 bits per heavy atom. The van der Waals surface area contributed by atoms with E-state index in [0.717, 1.165) is 77.2 Å². The smallest absolute Gasteiger partial charge is 0.239 e. The molecule has 7 nitrogen and oxygen atoms in total. The number of carbonyl (C=O) groups is 1. The molecule has 0 spiro atoms. The van der Waals surface area contributed by atoms with Gasteiger partial charge in [-0.2, -0.15) is 0 Å². The number of amides is 1. The predicted octanol–water partition coefficient (Wildman–Crippen LogP) is 1.06. The number of rotatable bonds is 6. The topological polar surface area (TPSA) is 54.4 Å². The van der Waals surface area contributed by atoms with Crippen molar-refractivity contribution >= 4 is 11.9 Å². The number of likely N-dealkylation sites (tertiary alicyclic amines) is 1. The van der Waals surface area contributed by atoms with Crippen molar-refractivity contribution in [3.63, 3.8) is 0 Å². The molecule has 2 aliphatic heterocycles. The highest BCUT2D eigenvalue weighted by molar-refractivity contribution is 5.82. The van der Waals surface area contributed by atoms with Gasteiger partial charge >= 0.3 is 0 Å². The average Bonchev–Trinajstić information content (AvgIpc) is 3.44. The summed E-state index contributed by atoms with van der Waals surface area (Å²) in [7, 11) is 4.12. The molecule has 1 amide bonds. The molecular formula is C21H40N6O. The molecule has 1 saturated carbocycles. The summed E-state index contributed by atoms with van der Waals surface area (Å²) in [6, 6.07) is 0.761. The third-order valence-corrected chi connectivity index (χ3v) is 6.84. The summed E-state index contributed by atoms with van der Waals surface area (Å²) in [5.41, 5.74) is 0. The molecule has 3 aliphatic rings. The van der Waals surface area contributed by atoms with Gasteiger partial charge < -0.3 is 20.0 Å². The fourth-order valence-corrected chi connectivity index (χ4v) is 4.88. The Labute approximate surface area is 171 Å². The monoisotopic (exact) mass is 392 g/mol. The van der Waals surface area contributed by atoms with Gasteiger partial charge in [0.25, 0.3) is 0 Å². The number of hydrogen-bond acceptors (Lipinski definition) is 4. The lowest BCUT2D eigenvalue weighted by Crippen LogP contribution is -2.57. The van der Waals surface area contributed by atoms with Gasteiger partial charge in [0.2, 0.25) is 5.91 Å². The Bertz CT molecular complexity index is 519. The van der Waals surface area contributed by atoms with E-state index in [1.165, 1.54) is 25.7 Å². The Hall–Kier alpha value is -1.34. The lowest BCUT2D eigenvalue weighted by molar-refractivity contribution is -0.135. The van der Waals surface area contributed by atoms with E-state index in [1.54, 1.807) is 0 Å². The molecule has 1 atom stereocenters. The minimum absolute atomic E-state index is 0.00437. The van der Waals surface area contributed by atoms with E-state index >= 15 is 0 Å². The van der Waals surface area contributed by atoms with Crippen LogP contribution in [0.3, 0.4) is 0 Å². The van der Waals surface area contributed by atoms with Gasteiger partial charge in [0.15, 0.2) is 5.96 Å². The van der Waals surface area contributed by atoms with E-state index in [2.05, 4.69) is 39.0 Å². The second kappa shape index (κ2) is 10.4. The summed E-state index contributed by atoms with van der Waals surface area (Å²) in [6.07, 6.45) is 7.78. The lowest BCUT2D eigenvalue weighted by Gasteiger charge is -2.39. The summed E-state index contributed by atoms with van der Waals surface area (Å²) in [4.78, 5) is 26.4. The zero-order chi connectivity index (χ0) is 19.9. The van der Waals surface area contributed by atoms with Crippen LogP contribution in [0.4, 0.5) is 0 Å². The molecule has 160 valence electrons. The van der Waals surface area contributed by atoms with E-state index in [1.807, 2.05) is 11.9 Å². The van der Waals surface area contributed by atoms with Crippen LogP contribution in [0.25, 0.3) is 0 Å². The van der Waals surface area contributed by atoms with Gasteiger partial charge in [-0.1, -0.05) is 12.8 Å². The summed E-state index contributed by atoms with van der Waals surface area (Å²) in [6.45, 7) is 9.64. The molecule has 0 radical (unpaired) electrons. The molecule has 1 N–H and O–H groups in total. The molecule has 0 bridgehead atoms. The van der Waals surface area contributed by atoms with Crippen LogP contribution in [0.5, 0.6) is 0 Å². The van der Waals surface area contributed by atoms with E-state index in [0.29, 0.717) is 5.91 Å². The van der Waals surface area contributed by atoms with Gasteiger partial charge in [0, 0.05) is 65.4 Å². The SMILES string of the molecule is CN=C(NCCN(C)C1CCCC1)N1CCN(C(C)C(=O)N2CCCC2)CC1. The first-order valence-corrected chi connectivity index (χ1v) is 11.3. The molecule has 1 aliphatic carbocycles. The van der Waals surface area contributed by atoms with Gasteiger partial charge in [-0.05, 0) is 39.7 Å². The number of guanidine groups is 1. The zero-order valence-corrected chi connectivity index (χ0v) is 18.2. The minimum Gasteiger partial charge on any atom is -0.355 e. The Morgan fingerprint density at radius 3 is 2.29 bits per heavy atom. The van der Waals surface area contributed by atoms with Gasteiger partial charge in [-0.25, -0.2) is 0 Å². The van der Waals surface area contributed by atoms with Crippen LogP contribution in [-0.4, -0.2) is 110 Å². The van der Waals surface area contributed by atoms with Gasteiger partial charge in [0.05, 0.1) is 6.04 Å². The number of likely N-dealkylation sites (N-methyl/N-ethyl adjacent to an activating group) is 1. The minimum atomic E-state index is -0.00437.